The molecule has 2 rings (SSSR count). The summed E-state index contributed by atoms with van der Waals surface area (Å²) in [7, 11) is 0. The Morgan fingerprint density at radius 2 is 2.19 bits per heavy atom. The number of nitro groups is 1. The zero-order valence-electron chi connectivity index (χ0n) is 8.92. The second kappa shape index (κ2) is 5.07. The molecule has 1 aromatic rings. The van der Waals surface area contributed by atoms with Gasteiger partial charge in [0.25, 0.3) is 0 Å². The number of fused-ring (bicyclic) bond motifs is 1. The molecule has 0 saturated carbocycles. The van der Waals surface area contributed by atoms with Crippen molar-refractivity contribution in [2.75, 3.05) is 0 Å². The summed E-state index contributed by atoms with van der Waals surface area (Å²) in [5.74, 6) is 0. The van der Waals surface area contributed by atoms with Gasteiger partial charge in [0, 0.05) is 10.6 Å². The summed E-state index contributed by atoms with van der Waals surface area (Å²) in [4.78, 5) is 14.6. The fraction of sp³-hybridized carbons (Fsp3) is 0.364. The van der Waals surface area contributed by atoms with Gasteiger partial charge in [-0.25, -0.2) is 4.99 Å². The van der Waals surface area contributed by atoms with Crippen LogP contribution in [0.3, 0.4) is 0 Å². The molecular formula is C11H13ClN2O2. The van der Waals surface area contributed by atoms with E-state index in [1.165, 1.54) is 0 Å². The molecule has 1 heterocycles. The fourth-order valence-corrected chi connectivity index (χ4v) is 1.88. The van der Waals surface area contributed by atoms with Gasteiger partial charge in [0.05, 0.1) is 6.42 Å². The number of rotatable bonds is 2. The maximum atomic E-state index is 10.7. The van der Waals surface area contributed by atoms with Crippen LogP contribution in [0.15, 0.2) is 29.3 Å². The highest BCUT2D eigenvalue weighted by Gasteiger charge is 2.26. The van der Waals surface area contributed by atoms with Crippen LogP contribution in [-0.4, -0.2) is 16.8 Å². The van der Waals surface area contributed by atoms with Crippen molar-refractivity contribution >= 4 is 18.1 Å². The largest absolute Gasteiger partial charge is 0.308 e. The molecule has 0 amide bonds. The van der Waals surface area contributed by atoms with Crippen LogP contribution in [0.25, 0.3) is 0 Å². The predicted molar refractivity (Wildman–Crippen MR) is 65.0 cm³/mol. The highest BCUT2D eigenvalue weighted by atomic mass is 35.5. The molecule has 0 aliphatic carbocycles. The van der Waals surface area contributed by atoms with Crippen LogP contribution in [0.2, 0.25) is 0 Å². The van der Waals surface area contributed by atoms with Gasteiger partial charge in [-0.3, -0.25) is 10.1 Å². The summed E-state index contributed by atoms with van der Waals surface area (Å²) < 4.78 is 0. The van der Waals surface area contributed by atoms with Crippen LogP contribution in [0, 0.1) is 10.1 Å². The lowest BCUT2D eigenvalue weighted by atomic mass is 9.95. The van der Waals surface area contributed by atoms with E-state index in [9.17, 15) is 10.1 Å². The summed E-state index contributed by atoms with van der Waals surface area (Å²) >= 11 is 0. The average Bonchev–Trinajstić information content (AvgIpc) is 2.27. The summed E-state index contributed by atoms with van der Waals surface area (Å²) in [6, 6.07) is 7.77. The molecule has 0 fully saturated rings. The van der Waals surface area contributed by atoms with E-state index in [-0.39, 0.29) is 17.3 Å². The van der Waals surface area contributed by atoms with E-state index >= 15 is 0 Å². The normalized spacial score (nSPS) is 18.1. The smallest absolute Gasteiger partial charge is 0.262 e. The number of hydrogen-bond donors (Lipinski definition) is 0. The van der Waals surface area contributed by atoms with Crippen LogP contribution in [0.1, 0.15) is 24.5 Å². The minimum atomic E-state index is -0.796. The van der Waals surface area contributed by atoms with E-state index in [4.69, 9.17) is 0 Å². The molecule has 0 radical (unpaired) electrons. The summed E-state index contributed by atoms with van der Waals surface area (Å²) in [6.45, 7) is 1.97. The van der Waals surface area contributed by atoms with Crippen molar-refractivity contribution in [3.05, 3.63) is 45.5 Å². The molecule has 1 aliphatic heterocycles. The van der Waals surface area contributed by atoms with Crippen molar-refractivity contribution in [3.63, 3.8) is 0 Å². The van der Waals surface area contributed by atoms with Crippen molar-refractivity contribution in [2.24, 2.45) is 4.99 Å². The summed E-state index contributed by atoms with van der Waals surface area (Å²) in [6.07, 6.45) is 0.350. The molecule has 1 unspecified atom stereocenters. The third-order valence-corrected chi connectivity index (χ3v) is 2.61. The van der Waals surface area contributed by atoms with E-state index < -0.39 is 6.17 Å². The molecule has 0 bridgehead atoms. The lowest BCUT2D eigenvalue weighted by Gasteiger charge is -2.17. The standard InChI is InChI=1S/C11H12N2O2.ClH/c1-2-10-9-6-4-3-5-8(9)7-11(12-10)13(14)15;/h3-6,11H,2,7H2,1H3;1H. The number of nitrogens with zero attached hydrogens (tertiary/aromatic N) is 2. The molecule has 1 atom stereocenters. The molecule has 1 aromatic carbocycles. The van der Waals surface area contributed by atoms with Gasteiger partial charge < -0.3 is 0 Å². The van der Waals surface area contributed by atoms with Gasteiger partial charge >= 0.3 is 6.17 Å². The van der Waals surface area contributed by atoms with Crippen LogP contribution < -0.4 is 0 Å². The van der Waals surface area contributed by atoms with Gasteiger partial charge in [0.1, 0.15) is 0 Å². The highest BCUT2D eigenvalue weighted by Crippen LogP contribution is 2.21. The first-order valence-corrected chi connectivity index (χ1v) is 5.00. The second-order valence-electron chi connectivity index (χ2n) is 3.56. The molecule has 16 heavy (non-hydrogen) atoms. The average molecular weight is 241 g/mol. The first-order chi connectivity index (χ1) is 7.22. The summed E-state index contributed by atoms with van der Waals surface area (Å²) in [5.41, 5.74) is 2.95. The van der Waals surface area contributed by atoms with Crippen molar-refractivity contribution in [2.45, 2.75) is 25.9 Å². The predicted octanol–water partition coefficient (Wildman–Crippen LogP) is 2.47. The van der Waals surface area contributed by atoms with Gasteiger partial charge in [0.15, 0.2) is 0 Å². The maximum Gasteiger partial charge on any atom is 0.308 e. The summed E-state index contributed by atoms with van der Waals surface area (Å²) in [5, 5.41) is 10.7. The number of halogens is 1. The van der Waals surface area contributed by atoms with Crippen molar-refractivity contribution in [1.82, 2.24) is 0 Å². The van der Waals surface area contributed by atoms with Crippen LogP contribution in [0.4, 0.5) is 0 Å². The van der Waals surface area contributed by atoms with Crippen LogP contribution >= 0.6 is 12.4 Å². The Morgan fingerprint density at radius 3 is 2.81 bits per heavy atom. The second-order valence-corrected chi connectivity index (χ2v) is 3.56. The van der Waals surface area contributed by atoms with E-state index in [0.29, 0.717) is 6.42 Å². The van der Waals surface area contributed by atoms with E-state index in [0.717, 1.165) is 23.3 Å². The Bertz CT molecular complexity index is 432. The molecule has 5 heteroatoms. The lowest BCUT2D eigenvalue weighted by Crippen LogP contribution is -2.27. The van der Waals surface area contributed by atoms with Crippen molar-refractivity contribution < 1.29 is 4.92 Å². The number of aliphatic imine (C=N–C) groups is 1. The minimum Gasteiger partial charge on any atom is -0.262 e. The first-order valence-electron chi connectivity index (χ1n) is 5.00. The van der Waals surface area contributed by atoms with Crippen molar-refractivity contribution in [1.29, 1.82) is 0 Å². The van der Waals surface area contributed by atoms with Gasteiger partial charge in [0.2, 0.25) is 0 Å². The van der Waals surface area contributed by atoms with E-state index in [1.54, 1.807) is 0 Å². The lowest BCUT2D eigenvalue weighted by molar-refractivity contribution is -0.520. The third-order valence-electron chi connectivity index (χ3n) is 2.61. The number of hydrogen-bond acceptors (Lipinski definition) is 3. The van der Waals surface area contributed by atoms with Gasteiger partial charge in [-0.2, -0.15) is 0 Å². The first kappa shape index (κ1) is 12.6. The Labute approximate surface area is 100.0 Å². The number of benzene rings is 1. The van der Waals surface area contributed by atoms with E-state index in [1.807, 2.05) is 31.2 Å². The Hall–Kier alpha value is -1.42. The molecule has 1 aliphatic rings. The van der Waals surface area contributed by atoms with Gasteiger partial charge in [-0.05, 0) is 17.5 Å². The third kappa shape index (κ3) is 2.22. The fourth-order valence-electron chi connectivity index (χ4n) is 1.88. The quantitative estimate of drug-likeness (QED) is 0.589. The molecule has 86 valence electrons. The molecule has 4 nitrogen and oxygen atoms in total. The maximum absolute atomic E-state index is 10.7. The van der Waals surface area contributed by atoms with E-state index in [2.05, 4.69) is 4.99 Å². The molecule has 0 spiro atoms. The Morgan fingerprint density at radius 1 is 1.50 bits per heavy atom. The van der Waals surface area contributed by atoms with Crippen LogP contribution in [-0.2, 0) is 6.42 Å². The SMILES string of the molecule is CCC1=NC([N+](=O)[O-])Cc2ccccc21.Cl. The molecule has 0 N–H and O–H groups in total. The van der Waals surface area contributed by atoms with Crippen molar-refractivity contribution in [3.8, 4) is 0 Å². The zero-order valence-corrected chi connectivity index (χ0v) is 9.74. The zero-order chi connectivity index (χ0) is 10.8. The molecule has 0 saturated heterocycles. The molecular weight excluding hydrogens is 228 g/mol. The van der Waals surface area contributed by atoms with Crippen LogP contribution in [0.5, 0.6) is 0 Å². The minimum absolute atomic E-state index is 0. The van der Waals surface area contributed by atoms with Gasteiger partial charge in [-0.15, -0.1) is 12.4 Å². The van der Waals surface area contributed by atoms with Gasteiger partial charge in [-0.1, -0.05) is 31.2 Å². The Balaban J connectivity index is 0.00000128. The monoisotopic (exact) mass is 240 g/mol. The highest BCUT2D eigenvalue weighted by molar-refractivity contribution is 6.02. The Kier molecular flexibility index (Phi) is 4.01. The topological polar surface area (TPSA) is 55.5 Å². The molecule has 0 aromatic heterocycles.